The first-order chi connectivity index (χ1) is 21.6. The fourth-order valence-electron chi connectivity index (χ4n) is 2.46. The van der Waals surface area contributed by atoms with Crippen LogP contribution in [0.2, 0.25) is 0 Å². The van der Waals surface area contributed by atoms with Gasteiger partial charge in [0.05, 0.1) is 13.2 Å². The number of para-hydroxylation sites is 2. The van der Waals surface area contributed by atoms with Crippen LogP contribution in [-0.4, -0.2) is 48.8 Å². The van der Waals surface area contributed by atoms with Crippen molar-refractivity contribution in [3.63, 3.8) is 0 Å². The molecular formula is C36H36N2O6. The number of nitrogens with one attached hydrogen (secondary N) is 2. The maximum Gasteiger partial charge on any atom is 0.411 e. The predicted molar refractivity (Wildman–Crippen MR) is 173 cm³/mol. The van der Waals surface area contributed by atoms with E-state index in [2.05, 4.69) is 81.7 Å². The van der Waals surface area contributed by atoms with Crippen molar-refractivity contribution >= 4 is 23.6 Å². The molecule has 0 aliphatic heterocycles. The summed E-state index contributed by atoms with van der Waals surface area (Å²) in [6.45, 7) is 3.98. The van der Waals surface area contributed by atoms with E-state index in [-0.39, 0.29) is 13.2 Å². The molecule has 4 N–H and O–H groups in total. The standard InChI is InChI=1S/C18H14O2.2C9H11NO2/c19-17-15-13-11-9-7-5-3-1-2-4-6-8-10-12-14-16-18-20;2*1-2-12-9(11)10-8-6-4-3-5-7-8/h19-20H,5-8,17-18H2;2*3-7H,2H2,1H3,(H,10,11). The van der Waals surface area contributed by atoms with Gasteiger partial charge in [-0.1, -0.05) is 71.9 Å². The van der Waals surface area contributed by atoms with Crippen LogP contribution in [-0.2, 0) is 9.47 Å². The normalized spacial score (nSPS) is 7.82. The molecule has 8 heteroatoms. The van der Waals surface area contributed by atoms with E-state index < -0.39 is 12.2 Å². The van der Waals surface area contributed by atoms with Gasteiger partial charge < -0.3 is 19.7 Å². The minimum Gasteiger partial charge on any atom is -0.450 e. The molecule has 2 aromatic carbocycles. The highest BCUT2D eigenvalue weighted by atomic mass is 16.6. The molecule has 0 atom stereocenters. The van der Waals surface area contributed by atoms with E-state index in [1.54, 1.807) is 38.1 Å². The van der Waals surface area contributed by atoms with Crippen molar-refractivity contribution in [3.05, 3.63) is 60.7 Å². The molecule has 2 amide bonds. The smallest absolute Gasteiger partial charge is 0.411 e. The molecule has 44 heavy (non-hydrogen) atoms. The van der Waals surface area contributed by atoms with Crippen molar-refractivity contribution in [3.8, 4) is 71.0 Å². The molecule has 0 spiro atoms. The molecule has 0 aliphatic rings. The number of benzene rings is 2. The lowest BCUT2D eigenvalue weighted by atomic mass is 10.3. The number of hydrogen-bond donors (Lipinski definition) is 4. The zero-order valence-corrected chi connectivity index (χ0v) is 25.0. The Morgan fingerprint density at radius 1 is 0.545 bits per heavy atom. The van der Waals surface area contributed by atoms with Crippen molar-refractivity contribution in [2.45, 2.75) is 39.5 Å². The first-order valence-electron chi connectivity index (χ1n) is 13.6. The first kappa shape index (κ1) is 38.3. The van der Waals surface area contributed by atoms with E-state index in [1.807, 2.05) is 36.4 Å². The van der Waals surface area contributed by atoms with E-state index >= 15 is 0 Å². The summed E-state index contributed by atoms with van der Waals surface area (Å²) in [5, 5.41) is 21.9. The molecule has 2 rings (SSSR count). The molecule has 0 bridgehead atoms. The molecule has 0 radical (unpaired) electrons. The number of aliphatic hydroxyl groups is 2. The number of aliphatic hydroxyl groups excluding tert-OH is 2. The second-order valence-electron chi connectivity index (χ2n) is 7.55. The van der Waals surface area contributed by atoms with Crippen molar-refractivity contribution in [1.29, 1.82) is 0 Å². The van der Waals surface area contributed by atoms with E-state index in [1.165, 1.54) is 0 Å². The van der Waals surface area contributed by atoms with Crippen LogP contribution in [0.1, 0.15) is 39.5 Å². The molecule has 0 heterocycles. The number of hydrogen-bond acceptors (Lipinski definition) is 6. The van der Waals surface area contributed by atoms with E-state index in [9.17, 15) is 9.59 Å². The van der Waals surface area contributed by atoms with Gasteiger partial charge in [0.25, 0.3) is 0 Å². The van der Waals surface area contributed by atoms with Crippen molar-refractivity contribution < 1.29 is 29.3 Å². The average molecular weight is 593 g/mol. The Morgan fingerprint density at radius 3 is 1.11 bits per heavy atom. The van der Waals surface area contributed by atoms with E-state index in [0.29, 0.717) is 38.9 Å². The summed E-state index contributed by atoms with van der Waals surface area (Å²) in [5.41, 5.74) is 1.49. The maximum atomic E-state index is 10.9. The van der Waals surface area contributed by atoms with Gasteiger partial charge in [-0.05, 0) is 73.6 Å². The van der Waals surface area contributed by atoms with Crippen LogP contribution in [0.3, 0.4) is 0 Å². The highest BCUT2D eigenvalue weighted by Gasteiger charge is 1.99. The number of anilines is 2. The number of carbonyl (C=O) groups is 2. The minimum absolute atomic E-state index is 0.164. The molecule has 8 nitrogen and oxygen atoms in total. The first-order valence-corrected chi connectivity index (χ1v) is 13.6. The third kappa shape index (κ3) is 26.5. The van der Waals surface area contributed by atoms with Gasteiger partial charge in [-0.25, -0.2) is 9.59 Å². The molecular weight excluding hydrogens is 556 g/mol. The lowest BCUT2D eigenvalue weighted by Crippen LogP contribution is -2.12. The van der Waals surface area contributed by atoms with Crippen LogP contribution in [0.5, 0.6) is 0 Å². The van der Waals surface area contributed by atoms with Gasteiger partial charge in [0.15, 0.2) is 0 Å². The van der Waals surface area contributed by atoms with Gasteiger partial charge in [0, 0.05) is 37.1 Å². The summed E-state index contributed by atoms with van der Waals surface area (Å²) in [6.07, 6.45) is 1.76. The molecule has 0 fully saturated rings. The Morgan fingerprint density at radius 2 is 0.841 bits per heavy atom. The monoisotopic (exact) mass is 592 g/mol. The molecule has 0 saturated heterocycles. The van der Waals surface area contributed by atoms with Gasteiger partial charge in [0.2, 0.25) is 0 Å². The number of ether oxygens (including phenoxy) is 2. The predicted octanol–water partition coefficient (Wildman–Crippen LogP) is 5.06. The Bertz CT molecular complexity index is 1350. The van der Waals surface area contributed by atoms with Crippen molar-refractivity contribution in [2.24, 2.45) is 0 Å². The summed E-state index contributed by atoms with van der Waals surface area (Å²) in [5.74, 6) is 32.0. The van der Waals surface area contributed by atoms with Gasteiger partial charge in [0.1, 0.15) is 13.2 Å². The van der Waals surface area contributed by atoms with E-state index in [0.717, 1.165) is 11.4 Å². The number of carbonyl (C=O) groups excluding carboxylic acids is 2. The summed E-state index contributed by atoms with van der Waals surface area (Å²) < 4.78 is 9.39. The zero-order valence-electron chi connectivity index (χ0n) is 25.0. The molecule has 0 aromatic heterocycles. The molecule has 226 valence electrons. The number of unbranched alkanes of at least 4 members (excludes halogenated alkanes) is 2. The van der Waals surface area contributed by atoms with E-state index in [4.69, 9.17) is 19.7 Å². The second-order valence-corrected chi connectivity index (χ2v) is 7.55. The highest BCUT2D eigenvalue weighted by Crippen LogP contribution is 2.05. The third-order valence-electron chi connectivity index (χ3n) is 4.22. The van der Waals surface area contributed by atoms with Gasteiger partial charge >= 0.3 is 12.2 Å². The summed E-state index contributed by atoms with van der Waals surface area (Å²) >= 11 is 0. The molecule has 0 saturated carbocycles. The highest BCUT2D eigenvalue weighted by molar-refractivity contribution is 5.84. The number of rotatable bonds is 6. The van der Waals surface area contributed by atoms with Crippen LogP contribution in [0, 0.1) is 71.0 Å². The SMILES string of the molecule is CCOC(=O)Nc1ccccc1.CCOC(=O)Nc1ccccc1.OCC#CC#CCCC#CC#CCCC#CC#CCO. The van der Waals surface area contributed by atoms with Crippen LogP contribution < -0.4 is 10.6 Å². The Kier molecular flexibility index (Phi) is 26.3. The summed E-state index contributed by atoms with van der Waals surface area (Å²) in [4.78, 5) is 21.8. The van der Waals surface area contributed by atoms with Gasteiger partial charge in [-0.2, -0.15) is 0 Å². The fraction of sp³-hybridized carbons (Fsp3) is 0.278. The van der Waals surface area contributed by atoms with Crippen molar-refractivity contribution in [2.75, 3.05) is 37.1 Å². The quantitative estimate of drug-likeness (QED) is 0.275. The largest absolute Gasteiger partial charge is 0.450 e. The topological polar surface area (TPSA) is 117 Å². The molecule has 0 aliphatic carbocycles. The van der Waals surface area contributed by atoms with Crippen LogP contribution in [0.4, 0.5) is 21.0 Å². The third-order valence-corrected chi connectivity index (χ3v) is 4.22. The van der Waals surface area contributed by atoms with Gasteiger partial charge in [-0.15, -0.1) is 0 Å². The lowest BCUT2D eigenvalue weighted by Gasteiger charge is -2.03. The summed E-state index contributed by atoms with van der Waals surface area (Å²) in [6, 6.07) is 18.4. The fourth-order valence-corrected chi connectivity index (χ4v) is 2.46. The lowest BCUT2D eigenvalue weighted by molar-refractivity contribution is 0.167. The van der Waals surface area contributed by atoms with Crippen molar-refractivity contribution in [1.82, 2.24) is 0 Å². The second kappa shape index (κ2) is 30.2. The van der Waals surface area contributed by atoms with Crippen LogP contribution >= 0.6 is 0 Å². The molecule has 2 aromatic rings. The zero-order chi connectivity index (χ0) is 32.4. The Balaban J connectivity index is 0.000000663. The number of amides is 2. The Labute approximate surface area is 260 Å². The van der Waals surface area contributed by atoms with Crippen LogP contribution in [0.25, 0.3) is 0 Å². The summed E-state index contributed by atoms with van der Waals surface area (Å²) in [7, 11) is 0. The average Bonchev–Trinajstić information content (AvgIpc) is 3.03. The van der Waals surface area contributed by atoms with Gasteiger partial charge in [-0.3, -0.25) is 10.6 Å². The Hall–Kier alpha value is -5.74. The maximum absolute atomic E-state index is 10.9. The minimum atomic E-state index is -0.413. The van der Waals surface area contributed by atoms with Crippen LogP contribution in [0.15, 0.2) is 60.7 Å². The molecule has 0 unspecified atom stereocenters.